The average molecular weight is 558 g/mol. The molecule has 0 aliphatic heterocycles. The van der Waals surface area contributed by atoms with Crippen molar-refractivity contribution >= 4 is 17.1 Å². The largest absolute Gasteiger partial charge is 0.489 e. The van der Waals surface area contributed by atoms with Crippen LogP contribution in [-0.4, -0.2) is 56.6 Å². The molecule has 13 heteroatoms. The topological polar surface area (TPSA) is 145 Å². The van der Waals surface area contributed by atoms with Gasteiger partial charge >= 0.3 is 11.4 Å². The van der Waals surface area contributed by atoms with Crippen LogP contribution in [0.4, 0.5) is 17.1 Å². The molecule has 0 heterocycles. The summed E-state index contributed by atoms with van der Waals surface area (Å²) < 4.78 is 22.1. The van der Waals surface area contributed by atoms with Gasteiger partial charge in [0.15, 0.2) is 11.5 Å². The minimum absolute atomic E-state index is 0.0250. The summed E-state index contributed by atoms with van der Waals surface area (Å²) in [5.41, 5.74) is 1.74. The highest BCUT2D eigenvalue weighted by Crippen LogP contribution is 2.31. The number of para-hydroxylation sites is 2. The maximum atomic E-state index is 11.3. The number of nitrogens with zero attached hydrogens (tertiary/aromatic N) is 3. The van der Waals surface area contributed by atoms with E-state index in [2.05, 4.69) is 0 Å². The number of nitro groups is 2. The maximum Gasteiger partial charge on any atom is 0.310 e. The molecule has 0 N–H and O–H groups in total. The summed E-state index contributed by atoms with van der Waals surface area (Å²) in [5, 5.41) is 23.8. The smallest absolute Gasteiger partial charge is 0.310 e. The van der Waals surface area contributed by atoms with Crippen LogP contribution >= 0.6 is 0 Å². The first-order chi connectivity index (χ1) is 19.3. The number of benzene rings is 3. The molecule has 0 saturated heterocycles. The number of methoxy groups -OCH3 is 1. The number of hydrogen-bond acceptors (Lipinski definition) is 11. The van der Waals surface area contributed by atoms with Crippen LogP contribution in [0.3, 0.4) is 0 Å². The molecule has 0 amide bonds. The maximum absolute atomic E-state index is 11.3. The molecular formula is C27H31N3O10. The Balaban J connectivity index is 1.67. The molecule has 0 aliphatic carbocycles. The van der Waals surface area contributed by atoms with Gasteiger partial charge in [0.1, 0.15) is 44.5 Å². The van der Waals surface area contributed by atoms with Crippen LogP contribution in [0.5, 0.6) is 17.2 Å². The van der Waals surface area contributed by atoms with Crippen molar-refractivity contribution < 1.29 is 38.5 Å². The first-order valence-electron chi connectivity index (χ1n) is 12.3. The lowest BCUT2D eigenvalue weighted by atomic mass is 10.2. The third-order valence-electron chi connectivity index (χ3n) is 5.33. The van der Waals surface area contributed by atoms with Crippen LogP contribution in [0.15, 0.2) is 60.7 Å². The van der Waals surface area contributed by atoms with E-state index in [-0.39, 0.29) is 55.9 Å². The summed E-state index contributed by atoms with van der Waals surface area (Å²) in [7, 11) is 1.56. The van der Waals surface area contributed by atoms with Gasteiger partial charge in [-0.15, -0.1) is 5.23 Å². The Hall–Kier alpha value is -4.46. The van der Waals surface area contributed by atoms with Gasteiger partial charge in [0, 0.05) is 19.2 Å². The highest BCUT2D eigenvalue weighted by atomic mass is 17.0. The van der Waals surface area contributed by atoms with Crippen molar-refractivity contribution in [3.63, 3.8) is 0 Å². The first kappa shape index (κ1) is 30.1. The van der Waals surface area contributed by atoms with E-state index in [1.807, 2.05) is 0 Å². The van der Waals surface area contributed by atoms with Gasteiger partial charge in [-0.05, 0) is 49.2 Å². The third kappa shape index (κ3) is 8.80. The fourth-order valence-corrected chi connectivity index (χ4v) is 3.46. The summed E-state index contributed by atoms with van der Waals surface area (Å²) in [6.45, 7) is 4.12. The Morgan fingerprint density at radius 1 is 0.650 bits per heavy atom. The number of anilines is 1. The Morgan fingerprint density at radius 3 is 1.62 bits per heavy atom. The molecule has 0 atom stereocenters. The van der Waals surface area contributed by atoms with Gasteiger partial charge in [-0.25, -0.2) is 9.68 Å². The van der Waals surface area contributed by atoms with Crippen LogP contribution in [-0.2, 0) is 14.4 Å². The van der Waals surface area contributed by atoms with Crippen LogP contribution in [0.1, 0.15) is 11.1 Å². The number of ether oxygens (including phenoxy) is 4. The van der Waals surface area contributed by atoms with E-state index in [1.165, 1.54) is 12.1 Å². The average Bonchev–Trinajstić information content (AvgIpc) is 2.92. The lowest BCUT2D eigenvalue weighted by Gasteiger charge is -2.24. The Bertz CT molecular complexity index is 1220. The third-order valence-corrected chi connectivity index (χ3v) is 5.33. The standard InChI is InChI=1S/C27H31N3O10/c1-20-8-10-22(28(31)32)26(18-20)37-14-16-39-30(24-6-4-5-7-25(24)36-13-12-35-3)40-17-15-38-27-19-21(2)9-11-23(27)29(33)34/h4-11,18-19H,12-17H2,1-3H3. The molecule has 0 aromatic heterocycles. The summed E-state index contributed by atoms with van der Waals surface area (Å²) >= 11 is 0. The molecule has 0 bridgehead atoms. The highest BCUT2D eigenvalue weighted by Gasteiger charge is 2.19. The van der Waals surface area contributed by atoms with Crippen LogP contribution < -0.4 is 19.4 Å². The SMILES string of the molecule is COCCOc1ccccc1N(OCCOc1cc(C)ccc1[N+](=O)[O-])OCCOc1cc(C)ccc1[N+](=O)[O-]. The molecule has 0 saturated carbocycles. The predicted octanol–water partition coefficient (Wildman–Crippen LogP) is 4.97. The van der Waals surface area contributed by atoms with E-state index in [9.17, 15) is 20.2 Å². The van der Waals surface area contributed by atoms with Gasteiger partial charge in [-0.3, -0.25) is 20.2 Å². The van der Waals surface area contributed by atoms with E-state index in [4.69, 9.17) is 28.6 Å². The van der Waals surface area contributed by atoms with Crippen LogP contribution in [0.2, 0.25) is 0 Å². The summed E-state index contributed by atoms with van der Waals surface area (Å²) in [6.07, 6.45) is 0. The molecule has 3 aromatic carbocycles. The van der Waals surface area contributed by atoms with Gasteiger partial charge in [-0.2, -0.15) is 0 Å². The van der Waals surface area contributed by atoms with Crippen molar-refractivity contribution in [2.45, 2.75) is 13.8 Å². The van der Waals surface area contributed by atoms with E-state index in [0.717, 1.165) is 16.4 Å². The number of rotatable bonds is 17. The Labute approximate surface area is 230 Å². The highest BCUT2D eigenvalue weighted by molar-refractivity contribution is 5.55. The van der Waals surface area contributed by atoms with E-state index < -0.39 is 9.85 Å². The molecule has 0 aliphatic rings. The minimum Gasteiger partial charge on any atom is -0.489 e. The van der Waals surface area contributed by atoms with E-state index in [1.54, 1.807) is 69.5 Å². The van der Waals surface area contributed by atoms with Crippen molar-refractivity contribution in [2.75, 3.05) is 52.0 Å². The fraction of sp³-hybridized carbons (Fsp3) is 0.333. The molecule has 3 rings (SSSR count). The van der Waals surface area contributed by atoms with Gasteiger partial charge < -0.3 is 18.9 Å². The Morgan fingerprint density at radius 2 is 1.12 bits per heavy atom. The molecule has 214 valence electrons. The van der Waals surface area contributed by atoms with Gasteiger partial charge in [0.25, 0.3) is 0 Å². The zero-order valence-corrected chi connectivity index (χ0v) is 22.4. The van der Waals surface area contributed by atoms with Crippen molar-refractivity contribution in [2.24, 2.45) is 0 Å². The molecule has 0 spiro atoms. The van der Waals surface area contributed by atoms with Crippen molar-refractivity contribution in [3.05, 3.63) is 92.0 Å². The number of aryl methyl sites for hydroxylation is 2. The lowest BCUT2D eigenvalue weighted by Crippen LogP contribution is -2.29. The molecular weight excluding hydrogens is 526 g/mol. The fourth-order valence-electron chi connectivity index (χ4n) is 3.46. The van der Waals surface area contributed by atoms with Gasteiger partial charge in [0.05, 0.1) is 16.5 Å². The van der Waals surface area contributed by atoms with Gasteiger partial charge in [0.2, 0.25) is 0 Å². The van der Waals surface area contributed by atoms with Crippen molar-refractivity contribution in [1.29, 1.82) is 0 Å². The molecule has 0 unspecified atom stereocenters. The minimum atomic E-state index is -0.517. The van der Waals surface area contributed by atoms with E-state index >= 15 is 0 Å². The molecule has 0 fully saturated rings. The zero-order chi connectivity index (χ0) is 28.9. The van der Waals surface area contributed by atoms with Crippen molar-refractivity contribution in [3.8, 4) is 17.2 Å². The summed E-state index contributed by atoms with van der Waals surface area (Å²) in [5.74, 6) is 0.695. The number of hydrogen-bond donors (Lipinski definition) is 0. The van der Waals surface area contributed by atoms with Crippen molar-refractivity contribution in [1.82, 2.24) is 0 Å². The zero-order valence-electron chi connectivity index (χ0n) is 22.4. The van der Waals surface area contributed by atoms with E-state index in [0.29, 0.717) is 18.0 Å². The quantitative estimate of drug-likeness (QED) is 0.126. The van der Waals surface area contributed by atoms with Gasteiger partial charge in [-0.1, -0.05) is 24.3 Å². The predicted molar refractivity (Wildman–Crippen MR) is 145 cm³/mol. The second-order valence-electron chi connectivity index (χ2n) is 8.39. The van der Waals surface area contributed by atoms with Crippen LogP contribution in [0, 0.1) is 34.1 Å². The van der Waals surface area contributed by atoms with Crippen LogP contribution in [0.25, 0.3) is 0 Å². The summed E-state index contributed by atoms with van der Waals surface area (Å²) in [6, 6.07) is 16.2. The number of nitro benzene ring substituents is 2. The molecule has 13 nitrogen and oxygen atoms in total. The normalized spacial score (nSPS) is 10.7. The first-order valence-corrected chi connectivity index (χ1v) is 12.3. The second-order valence-corrected chi connectivity index (χ2v) is 8.39. The Kier molecular flexibility index (Phi) is 11.4. The molecule has 40 heavy (non-hydrogen) atoms. The summed E-state index contributed by atoms with van der Waals surface area (Å²) in [4.78, 5) is 33.2. The monoisotopic (exact) mass is 557 g/mol. The molecule has 3 aromatic rings. The second kappa shape index (κ2) is 15.2. The lowest BCUT2D eigenvalue weighted by molar-refractivity contribution is -0.386. The molecule has 0 radical (unpaired) electrons.